The first-order valence-corrected chi connectivity index (χ1v) is 8.21. The van der Waals surface area contributed by atoms with Crippen LogP contribution in [0.25, 0.3) is 10.9 Å². The number of allylic oxidation sites excluding steroid dienone is 1. The number of aromatic nitrogens is 1. The number of carbonyl (C=O) groups is 1. The molecule has 1 aliphatic heterocycles. The van der Waals surface area contributed by atoms with E-state index in [1.165, 1.54) is 0 Å². The number of nitrogens with one attached hydrogen (secondary N) is 1. The third-order valence-corrected chi connectivity index (χ3v) is 4.13. The molecule has 23 heavy (non-hydrogen) atoms. The average Bonchev–Trinajstić information content (AvgIpc) is 3.01. The molecule has 1 aromatic heterocycles. The third kappa shape index (κ3) is 3.70. The molecular weight excluding hydrogens is 286 g/mol. The van der Waals surface area contributed by atoms with Gasteiger partial charge < -0.3 is 10.2 Å². The molecule has 1 saturated heterocycles. The van der Waals surface area contributed by atoms with Crippen LogP contribution < -0.4 is 5.32 Å². The minimum atomic E-state index is 0.114. The van der Waals surface area contributed by atoms with E-state index < -0.39 is 0 Å². The van der Waals surface area contributed by atoms with Crippen LogP contribution in [-0.4, -0.2) is 34.9 Å². The zero-order valence-corrected chi connectivity index (χ0v) is 13.7. The molecule has 1 aromatic carbocycles. The van der Waals surface area contributed by atoms with Crippen molar-refractivity contribution in [2.75, 3.05) is 18.4 Å². The summed E-state index contributed by atoms with van der Waals surface area (Å²) in [5, 5.41) is 4.70. The lowest BCUT2D eigenvalue weighted by Gasteiger charge is -2.17. The Bertz CT molecular complexity index is 718. The Morgan fingerprint density at radius 1 is 1.35 bits per heavy atom. The fourth-order valence-corrected chi connectivity index (χ4v) is 2.90. The van der Waals surface area contributed by atoms with Crippen LogP contribution in [0.2, 0.25) is 0 Å². The molecule has 0 spiro atoms. The number of fused-ring (bicyclic) bond motifs is 1. The van der Waals surface area contributed by atoms with Crippen molar-refractivity contribution >= 4 is 22.5 Å². The molecular formula is C19H23N3O. The zero-order chi connectivity index (χ0) is 16.2. The number of likely N-dealkylation sites (tertiary alicyclic amines) is 1. The number of benzene rings is 1. The van der Waals surface area contributed by atoms with Gasteiger partial charge in [0.1, 0.15) is 0 Å². The minimum absolute atomic E-state index is 0.114. The van der Waals surface area contributed by atoms with E-state index in [-0.39, 0.29) is 11.9 Å². The highest BCUT2D eigenvalue weighted by molar-refractivity contribution is 5.91. The van der Waals surface area contributed by atoms with Crippen molar-refractivity contribution in [2.24, 2.45) is 5.92 Å². The molecule has 2 heterocycles. The largest absolute Gasteiger partial charge is 0.380 e. The van der Waals surface area contributed by atoms with Gasteiger partial charge in [-0.05, 0) is 30.5 Å². The summed E-state index contributed by atoms with van der Waals surface area (Å²) < 4.78 is 0. The molecule has 1 aliphatic rings. The van der Waals surface area contributed by atoms with Crippen LogP contribution in [0.4, 0.5) is 5.69 Å². The Hall–Kier alpha value is -2.36. The molecule has 0 saturated carbocycles. The minimum Gasteiger partial charge on any atom is -0.380 e. The number of rotatable bonds is 4. The fourth-order valence-electron chi connectivity index (χ4n) is 2.90. The molecule has 1 N–H and O–H groups in total. The van der Waals surface area contributed by atoms with Crippen LogP contribution in [0.15, 0.2) is 48.7 Å². The Morgan fingerprint density at radius 2 is 2.17 bits per heavy atom. The Morgan fingerprint density at radius 3 is 3.00 bits per heavy atom. The second-order valence-electron chi connectivity index (χ2n) is 6.39. The van der Waals surface area contributed by atoms with Gasteiger partial charge in [-0.25, -0.2) is 0 Å². The van der Waals surface area contributed by atoms with E-state index in [9.17, 15) is 4.79 Å². The maximum atomic E-state index is 12.2. The van der Waals surface area contributed by atoms with Crippen molar-refractivity contribution < 1.29 is 4.79 Å². The van der Waals surface area contributed by atoms with Crippen molar-refractivity contribution in [1.29, 1.82) is 0 Å². The second-order valence-corrected chi connectivity index (χ2v) is 6.39. The number of para-hydroxylation sites is 1. The Labute approximate surface area is 137 Å². The van der Waals surface area contributed by atoms with Gasteiger partial charge in [-0.15, -0.1) is 0 Å². The molecule has 120 valence electrons. The van der Waals surface area contributed by atoms with E-state index in [1.54, 1.807) is 6.08 Å². The van der Waals surface area contributed by atoms with Gasteiger partial charge in [0.25, 0.3) is 0 Å². The lowest BCUT2D eigenvalue weighted by Crippen LogP contribution is -2.30. The van der Waals surface area contributed by atoms with E-state index in [2.05, 4.69) is 30.2 Å². The van der Waals surface area contributed by atoms with E-state index in [1.807, 2.05) is 41.4 Å². The second kappa shape index (κ2) is 6.82. The predicted molar refractivity (Wildman–Crippen MR) is 94.3 cm³/mol. The summed E-state index contributed by atoms with van der Waals surface area (Å²) in [7, 11) is 0. The highest BCUT2D eigenvalue weighted by atomic mass is 16.2. The van der Waals surface area contributed by atoms with E-state index in [4.69, 9.17) is 0 Å². The molecule has 0 bridgehead atoms. The molecule has 4 heteroatoms. The van der Waals surface area contributed by atoms with Crippen molar-refractivity contribution in [1.82, 2.24) is 9.88 Å². The van der Waals surface area contributed by atoms with Gasteiger partial charge in [-0.2, -0.15) is 0 Å². The molecule has 1 fully saturated rings. The van der Waals surface area contributed by atoms with Gasteiger partial charge in [-0.1, -0.05) is 38.1 Å². The highest BCUT2D eigenvalue weighted by Crippen LogP contribution is 2.24. The van der Waals surface area contributed by atoms with Gasteiger partial charge in [0.15, 0.2) is 0 Å². The molecule has 2 aromatic rings. The Kier molecular flexibility index (Phi) is 4.60. The molecule has 0 radical (unpaired) electrons. The maximum Gasteiger partial charge on any atom is 0.246 e. The van der Waals surface area contributed by atoms with Gasteiger partial charge in [0.2, 0.25) is 5.91 Å². The van der Waals surface area contributed by atoms with Crippen molar-refractivity contribution in [2.45, 2.75) is 26.3 Å². The van der Waals surface area contributed by atoms with Gasteiger partial charge in [0, 0.05) is 36.4 Å². The number of nitrogens with zero attached hydrogens (tertiary/aromatic N) is 2. The van der Waals surface area contributed by atoms with Gasteiger partial charge in [-0.3, -0.25) is 9.78 Å². The number of pyridine rings is 1. The summed E-state index contributed by atoms with van der Waals surface area (Å²) in [4.78, 5) is 18.5. The molecule has 4 nitrogen and oxygen atoms in total. The van der Waals surface area contributed by atoms with Crippen LogP contribution >= 0.6 is 0 Å². The summed E-state index contributed by atoms with van der Waals surface area (Å²) in [6.07, 6.45) is 6.46. The average molecular weight is 309 g/mol. The van der Waals surface area contributed by atoms with Crippen LogP contribution in [0.5, 0.6) is 0 Å². The Balaban J connectivity index is 1.67. The SMILES string of the molecule is CC(C)C=CC(=O)N1CC[C@@H](Nc2ccnc3ccccc23)C1. The van der Waals surface area contributed by atoms with Crippen molar-refractivity contribution in [3.05, 3.63) is 48.7 Å². The summed E-state index contributed by atoms with van der Waals surface area (Å²) in [5.41, 5.74) is 2.08. The van der Waals surface area contributed by atoms with Crippen molar-refractivity contribution in [3.63, 3.8) is 0 Å². The first-order valence-electron chi connectivity index (χ1n) is 8.21. The number of amides is 1. The lowest BCUT2D eigenvalue weighted by atomic mass is 10.1. The third-order valence-electron chi connectivity index (χ3n) is 4.13. The van der Waals surface area contributed by atoms with E-state index >= 15 is 0 Å². The summed E-state index contributed by atoms with van der Waals surface area (Å²) in [5.74, 6) is 0.515. The van der Waals surface area contributed by atoms with Crippen molar-refractivity contribution in [3.8, 4) is 0 Å². The first kappa shape index (κ1) is 15.5. The lowest BCUT2D eigenvalue weighted by molar-refractivity contribution is -0.125. The topological polar surface area (TPSA) is 45.2 Å². The number of hydrogen-bond donors (Lipinski definition) is 1. The number of hydrogen-bond acceptors (Lipinski definition) is 3. The summed E-state index contributed by atoms with van der Waals surface area (Å²) in [6, 6.07) is 10.4. The van der Waals surface area contributed by atoms with E-state index in [0.29, 0.717) is 5.92 Å². The van der Waals surface area contributed by atoms with Crippen LogP contribution in [0.1, 0.15) is 20.3 Å². The summed E-state index contributed by atoms with van der Waals surface area (Å²) in [6.45, 7) is 5.71. The van der Waals surface area contributed by atoms with Gasteiger partial charge >= 0.3 is 0 Å². The molecule has 3 rings (SSSR count). The summed E-state index contributed by atoms with van der Waals surface area (Å²) >= 11 is 0. The maximum absolute atomic E-state index is 12.2. The standard InChI is InChI=1S/C19H23N3O/c1-14(2)7-8-19(23)22-12-10-15(13-22)21-18-9-11-20-17-6-4-3-5-16(17)18/h3-9,11,14-15H,10,12-13H2,1-2H3,(H,20,21)/t15-/m1/s1. The normalized spacial score (nSPS) is 18.2. The molecule has 0 aliphatic carbocycles. The van der Waals surface area contributed by atoms with Crippen LogP contribution in [0, 0.1) is 5.92 Å². The molecule has 1 atom stereocenters. The highest BCUT2D eigenvalue weighted by Gasteiger charge is 2.25. The zero-order valence-electron chi connectivity index (χ0n) is 13.7. The predicted octanol–water partition coefficient (Wildman–Crippen LogP) is 3.46. The smallest absolute Gasteiger partial charge is 0.246 e. The van der Waals surface area contributed by atoms with Crippen LogP contribution in [-0.2, 0) is 4.79 Å². The molecule has 0 unspecified atom stereocenters. The first-order chi connectivity index (χ1) is 11.1. The van der Waals surface area contributed by atoms with E-state index in [0.717, 1.165) is 36.1 Å². The van der Waals surface area contributed by atoms with Crippen LogP contribution in [0.3, 0.4) is 0 Å². The van der Waals surface area contributed by atoms with Gasteiger partial charge in [0.05, 0.1) is 5.52 Å². The number of anilines is 1. The number of carbonyl (C=O) groups excluding carboxylic acids is 1. The molecule has 1 amide bonds. The quantitative estimate of drug-likeness (QED) is 0.880. The monoisotopic (exact) mass is 309 g/mol. The fraction of sp³-hybridized carbons (Fsp3) is 0.368.